The first kappa shape index (κ1) is 13.7. The van der Waals surface area contributed by atoms with Crippen LogP contribution < -0.4 is 10.1 Å². The minimum absolute atomic E-state index is 0.139. The van der Waals surface area contributed by atoms with Crippen molar-refractivity contribution in [3.05, 3.63) is 28.8 Å². The Balaban J connectivity index is 2.02. The highest BCUT2D eigenvalue weighted by molar-refractivity contribution is 6.32. The lowest BCUT2D eigenvalue weighted by Crippen LogP contribution is -2.26. The summed E-state index contributed by atoms with van der Waals surface area (Å²) in [5.41, 5.74) is 1.42. The summed E-state index contributed by atoms with van der Waals surface area (Å²) in [6, 6.07) is 6.85. The number of halogens is 1. The lowest BCUT2D eigenvalue weighted by Gasteiger charge is -2.26. The fourth-order valence-corrected chi connectivity index (χ4v) is 2.30. The first-order valence-electron chi connectivity index (χ1n) is 6.60. The second-order valence-electron chi connectivity index (χ2n) is 5.71. The molecule has 1 aliphatic rings. The van der Waals surface area contributed by atoms with Crippen molar-refractivity contribution >= 4 is 11.6 Å². The summed E-state index contributed by atoms with van der Waals surface area (Å²) in [4.78, 5) is 0. The van der Waals surface area contributed by atoms with Crippen LogP contribution in [0.4, 0.5) is 0 Å². The first-order chi connectivity index (χ1) is 8.53. The molecule has 0 atom stereocenters. The first-order valence-corrected chi connectivity index (χ1v) is 6.98. The van der Waals surface area contributed by atoms with Gasteiger partial charge in [0.2, 0.25) is 0 Å². The van der Waals surface area contributed by atoms with Crippen molar-refractivity contribution in [1.29, 1.82) is 0 Å². The second kappa shape index (κ2) is 5.50. The van der Waals surface area contributed by atoms with Gasteiger partial charge >= 0.3 is 0 Å². The SMILES string of the molecule is COc1cc(C(C)(C)CCNC2CC2)ccc1Cl. The fourth-order valence-electron chi connectivity index (χ4n) is 2.10. The molecule has 1 aromatic rings. The van der Waals surface area contributed by atoms with Crippen LogP contribution in [0.2, 0.25) is 5.02 Å². The normalized spacial score (nSPS) is 15.8. The van der Waals surface area contributed by atoms with Gasteiger partial charge in [0, 0.05) is 6.04 Å². The molecule has 1 aromatic carbocycles. The molecule has 0 heterocycles. The molecule has 18 heavy (non-hydrogen) atoms. The summed E-state index contributed by atoms with van der Waals surface area (Å²) >= 11 is 6.06. The maximum Gasteiger partial charge on any atom is 0.137 e. The zero-order chi connectivity index (χ0) is 13.2. The van der Waals surface area contributed by atoms with E-state index in [2.05, 4.69) is 31.3 Å². The Labute approximate surface area is 115 Å². The Morgan fingerprint density at radius 2 is 2.11 bits per heavy atom. The smallest absolute Gasteiger partial charge is 0.137 e. The number of hydrogen-bond acceptors (Lipinski definition) is 2. The van der Waals surface area contributed by atoms with Crippen molar-refractivity contribution in [3.63, 3.8) is 0 Å². The van der Waals surface area contributed by atoms with Crippen molar-refractivity contribution in [2.75, 3.05) is 13.7 Å². The lowest BCUT2D eigenvalue weighted by molar-refractivity contribution is 0.409. The lowest BCUT2D eigenvalue weighted by atomic mass is 9.81. The van der Waals surface area contributed by atoms with Gasteiger partial charge in [0.25, 0.3) is 0 Å². The summed E-state index contributed by atoms with van der Waals surface area (Å²) in [5, 5.41) is 4.24. The highest BCUT2D eigenvalue weighted by Crippen LogP contribution is 2.33. The molecule has 0 bridgehead atoms. The standard InChI is InChI=1S/C15H22ClNO/c1-15(2,8-9-17-12-5-6-12)11-4-7-13(16)14(10-11)18-3/h4,7,10,12,17H,5-6,8-9H2,1-3H3. The summed E-state index contributed by atoms with van der Waals surface area (Å²) in [6.07, 6.45) is 3.80. The molecular weight excluding hydrogens is 246 g/mol. The van der Waals surface area contributed by atoms with Crippen LogP contribution in [0.5, 0.6) is 5.75 Å². The third kappa shape index (κ3) is 3.39. The van der Waals surface area contributed by atoms with E-state index in [-0.39, 0.29) is 5.41 Å². The zero-order valence-corrected chi connectivity index (χ0v) is 12.2. The van der Waals surface area contributed by atoms with E-state index in [9.17, 15) is 0 Å². The van der Waals surface area contributed by atoms with Crippen LogP contribution in [0, 0.1) is 0 Å². The average molecular weight is 268 g/mol. The third-order valence-corrected chi connectivity index (χ3v) is 4.01. The molecule has 0 saturated heterocycles. The second-order valence-corrected chi connectivity index (χ2v) is 6.12. The molecule has 0 unspecified atom stereocenters. The van der Waals surface area contributed by atoms with Crippen molar-refractivity contribution in [3.8, 4) is 5.75 Å². The number of benzene rings is 1. The fraction of sp³-hybridized carbons (Fsp3) is 0.600. The maximum atomic E-state index is 6.06. The molecule has 2 rings (SSSR count). The van der Waals surface area contributed by atoms with Gasteiger partial charge in [0.05, 0.1) is 12.1 Å². The van der Waals surface area contributed by atoms with Crippen molar-refractivity contribution in [2.45, 2.75) is 44.6 Å². The Morgan fingerprint density at radius 3 is 2.72 bits per heavy atom. The minimum Gasteiger partial charge on any atom is -0.495 e. The number of hydrogen-bond donors (Lipinski definition) is 1. The van der Waals surface area contributed by atoms with E-state index in [0.29, 0.717) is 5.02 Å². The molecule has 0 aromatic heterocycles. The minimum atomic E-state index is 0.139. The van der Waals surface area contributed by atoms with Crippen molar-refractivity contribution in [2.24, 2.45) is 0 Å². The molecule has 0 radical (unpaired) electrons. The van der Waals surface area contributed by atoms with Crippen LogP contribution in [0.25, 0.3) is 0 Å². The van der Waals surface area contributed by atoms with Crippen LogP contribution >= 0.6 is 11.6 Å². The average Bonchev–Trinajstić information content (AvgIpc) is 3.13. The van der Waals surface area contributed by atoms with E-state index in [0.717, 1.165) is 24.8 Å². The van der Waals surface area contributed by atoms with Gasteiger partial charge in [-0.05, 0) is 48.9 Å². The summed E-state index contributed by atoms with van der Waals surface area (Å²) < 4.78 is 5.29. The molecule has 1 saturated carbocycles. The number of methoxy groups -OCH3 is 1. The van der Waals surface area contributed by atoms with E-state index in [1.54, 1.807) is 7.11 Å². The van der Waals surface area contributed by atoms with Crippen LogP contribution in [-0.4, -0.2) is 19.7 Å². The van der Waals surface area contributed by atoms with E-state index < -0.39 is 0 Å². The van der Waals surface area contributed by atoms with Crippen LogP contribution in [0.1, 0.15) is 38.7 Å². The van der Waals surface area contributed by atoms with Gasteiger partial charge in [-0.25, -0.2) is 0 Å². The zero-order valence-electron chi connectivity index (χ0n) is 11.4. The van der Waals surface area contributed by atoms with Gasteiger partial charge in [0.1, 0.15) is 5.75 Å². The molecule has 0 amide bonds. The molecule has 100 valence electrons. The van der Waals surface area contributed by atoms with Gasteiger partial charge in [-0.1, -0.05) is 31.5 Å². The predicted octanol–water partition coefficient (Wildman–Crippen LogP) is 3.77. The Morgan fingerprint density at radius 1 is 1.39 bits per heavy atom. The van der Waals surface area contributed by atoms with Gasteiger partial charge in [0.15, 0.2) is 0 Å². The van der Waals surface area contributed by atoms with Gasteiger partial charge < -0.3 is 10.1 Å². The summed E-state index contributed by atoms with van der Waals surface area (Å²) in [6.45, 7) is 5.61. The van der Waals surface area contributed by atoms with Gasteiger partial charge in [-0.3, -0.25) is 0 Å². The number of rotatable bonds is 6. The molecule has 0 spiro atoms. The van der Waals surface area contributed by atoms with Crippen molar-refractivity contribution < 1.29 is 4.74 Å². The number of nitrogens with one attached hydrogen (secondary N) is 1. The van der Waals surface area contributed by atoms with Crippen LogP contribution in [0.15, 0.2) is 18.2 Å². The molecule has 0 aliphatic heterocycles. The highest BCUT2D eigenvalue weighted by Gasteiger charge is 2.24. The summed E-state index contributed by atoms with van der Waals surface area (Å²) in [7, 11) is 1.66. The van der Waals surface area contributed by atoms with E-state index >= 15 is 0 Å². The van der Waals surface area contributed by atoms with E-state index in [4.69, 9.17) is 16.3 Å². The quantitative estimate of drug-likeness (QED) is 0.847. The molecule has 1 N–H and O–H groups in total. The Kier molecular flexibility index (Phi) is 4.18. The Bertz CT molecular complexity index is 413. The third-order valence-electron chi connectivity index (χ3n) is 3.69. The van der Waals surface area contributed by atoms with Gasteiger partial charge in [-0.15, -0.1) is 0 Å². The summed E-state index contributed by atoms with van der Waals surface area (Å²) in [5.74, 6) is 0.761. The molecule has 2 nitrogen and oxygen atoms in total. The molecule has 1 aliphatic carbocycles. The molecular formula is C15H22ClNO. The topological polar surface area (TPSA) is 21.3 Å². The van der Waals surface area contributed by atoms with Crippen LogP contribution in [0.3, 0.4) is 0 Å². The number of ether oxygens (including phenoxy) is 1. The monoisotopic (exact) mass is 267 g/mol. The van der Waals surface area contributed by atoms with E-state index in [1.165, 1.54) is 18.4 Å². The van der Waals surface area contributed by atoms with Crippen molar-refractivity contribution in [1.82, 2.24) is 5.32 Å². The maximum absolute atomic E-state index is 6.06. The Hall–Kier alpha value is -0.730. The highest BCUT2D eigenvalue weighted by atomic mass is 35.5. The molecule has 1 fully saturated rings. The molecule has 3 heteroatoms. The predicted molar refractivity (Wildman–Crippen MR) is 76.7 cm³/mol. The largest absolute Gasteiger partial charge is 0.495 e. The van der Waals surface area contributed by atoms with Crippen LogP contribution in [-0.2, 0) is 5.41 Å². The van der Waals surface area contributed by atoms with E-state index in [1.807, 2.05) is 6.07 Å². The van der Waals surface area contributed by atoms with Gasteiger partial charge in [-0.2, -0.15) is 0 Å².